The second-order valence-corrected chi connectivity index (χ2v) is 4.93. The van der Waals surface area contributed by atoms with Gasteiger partial charge in [0.05, 0.1) is 16.8 Å². The Balaban J connectivity index is 1.78. The van der Waals surface area contributed by atoms with Crippen LogP contribution in [0, 0.1) is 0 Å². The van der Waals surface area contributed by atoms with Crippen LogP contribution in [0.4, 0.5) is 11.6 Å². The van der Waals surface area contributed by atoms with E-state index in [0.717, 1.165) is 16.9 Å². The molecule has 0 spiro atoms. The van der Waals surface area contributed by atoms with Gasteiger partial charge in [-0.15, -0.1) is 0 Å². The molecule has 0 atom stereocenters. The molecule has 0 bridgehead atoms. The summed E-state index contributed by atoms with van der Waals surface area (Å²) >= 11 is 1.44. The Labute approximate surface area is 113 Å². The van der Waals surface area contributed by atoms with E-state index in [0.29, 0.717) is 22.5 Å². The summed E-state index contributed by atoms with van der Waals surface area (Å²) in [6.45, 7) is 0. The Morgan fingerprint density at radius 3 is 2.53 bits per heavy atom. The molecule has 0 aliphatic rings. The summed E-state index contributed by atoms with van der Waals surface area (Å²) in [7, 11) is 0. The van der Waals surface area contributed by atoms with Crippen LogP contribution < -0.4 is 11.5 Å². The Morgan fingerprint density at radius 2 is 1.79 bits per heavy atom. The number of thioether (sulfide) groups is 1. The number of fused-ring (bicyclic) bond motifs is 1. The number of aromatic nitrogens is 4. The van der Waals surface area contributed by atoms with Crippen molar-refractivity contribution in [2.75, 3.05) is 11.5 Å². The fraction of sp³-hybridized carbons (Fsp3) is 0.0833. The first-order valence-corrected chi connectivity index (χ1v) is 6.66. The topological polar surface area (TPSA) is 107 Å². The number of para-hydroxylation sites is 2. The Hall–Kier alpha value is -2.28. The quantitative estimate of drug-likeness (QED) is 0.496. The van der Waals surface area contributed by atoms with Gasteiger partial charge >= 0.3 is 0 Å². The van der Waals surface area contributed by atoms with Gasteiger partial charge in [0.1, 0.15) is 17.5 Å². The molecule has 7 heteroatoms. The highest BCUT2D eigenvalue weighted by Gasteiger charge is 2.05. The molecule has 0 saturated heterocycles. The fourth-order valence-corrected chi connectivity index (χ4v) is 2.48. The molecule has 0 saturated carbocycles. The zero-order valence-corrected chi connectivity index (χ0v) is 10.8. The van der Waals surface area contributed by atoms with E-state index >= 15 is 0 Å². The lowest BCUT2D eigenvalue weighted by Crippen LogP contribution is -1.99. The van der Waals surface area contributed by atoms with Crippen molar-refractivity contribution in [3.63, 3.8) is 0 Å². The van der Waals surface area contributed by atoms with Gasteiger partial charge in [-0.05, 0) is 12.1 Å². The lowest BCUT2D eigenvalue weighted by atomic mass is 10.3. The molecule has 2 heterocycles. The first kappa shape index (κ1) is 11.8. The Kier molecular flexibility index (Phi) is 2.96. The zero-order valence-electron chi connectivity index (χ0n) is 10.00. The van der Waals surface area contributed by atoms with Crippen molar-refractivity contribution >= 4 is 34.4 Å². The third-order valence-electron chi connectivity index (χ3n) is 2.52. The number of nitrogens with one attached hydrogen (secondary N) is 1. The normalized spacial score (nSPS) is 10.9. The van der Waals surface area contributed by atoms with Crippen LogP contribution in [-0.2, 0) is 5.75 Å². The SMILES string of the molecule is Nc1cc(N)nc(SCc2nc3ccccc3[nH]2)n1. The van der Waals surface area contributed by atoms with Crippen LogP contribution in [-0.4, -0.2) is 19.9 Å². The number of nitrogens with zero attached hydrogens (tertiary/aromatic N) is 3. The van der Waals surface area contributed by atoms with Crippen molar-refractivity contribution in [2.24, 2.45) is 0 Å². The molecule has 5 N–H and O–H groups in total. The number of H-pyrrole nitrogens is 1. The summed E-state index contributed by atoms with van der Waals surface area (Å²) in [6.07, 6.45) is 0. The summed E-state index contributed by atoms with van der Waals surface area (Å²) in [4.78, 5) is 15.9. The van der Waals surface area contributed by atoms with Gasteiger partial charge in [0.15, 0.2) is 5.16 Å². The molecule has 0 amide bonds. The van der Waals surface area contributed by atoms with Crippen molar-refractivity contribution < 1.29 is 0 Å². The van der Waals surface area contributed by atoms with Crippen molar-refractivity contribution in [3.05, 3.63) is 36.2 Å². The minimum atomic E-state index is 0.375. The number of imidazole rings is 1. The number of rotatable bonds is 3. The van der Waals surface area contributed by atoms with E-state index in [9.17, 15) is 0 Å². The molecule has 0 aliphatic carbocycles. The van der Waals surface area contributed by atoms with E-state index in [-0.39, 0.29) is 0 Å². The highest BCUT2D eigenvalue weighted by atomic mass is 32.2. The lowest BCUT2D eigenvalue weighted by Gasteiger charge is -2.00. The number of hydrogen-bond acceptors (Lipinski definition) is 6. The summed E-state index contributed by atoms with van der Waals surface area (Å²) < 4.78 is 0. The Bertz CT molecular complexity index is 670. The van der Waals surface area contributed by atoms with Crippen molar-refractivity contribution in [3.8, 4) is 0 Å². The molecule has 6 nitrogen and oxygen atoms in total. The summed E-state index contributed by atoms with van der Waals surface area (Å²) in [5.41, 5.74) is 13.2. The van der Waals surface area contributed by atoms with Gasteiger partial charge < -0.3 is 16.5 Å². The molecular weight excluding hydrogens is 260 g/mol. The van der Waals surface area contributed by atoms with Crippen LogP contribution in [0.25, 0.3) is 11.0 Å². The number of nitrogens with two attached hydrogens (primary N) is 2. The molecule has 19 heavy (non-hydrogen) atoms. The molecular formula is C12H12N6S. The monoisotopic (exact) mass is 272 g/mol. The summed E-state index contributed by atoms with van der Waals surface area (Å²) in [6, 6.07) is 9.42. The van der Waals surface area contributed by atoms with E-state index in [2.05, 4.69) is 19.9 Å². The zero-order chi connectivity index (χ0) is 13.2. The first-order valence-electron chi connectivity index (χ1n) is 5.67. The predicted molar refractivity (Wildman–Crippen MR) is 76.5 cm³/mol. The van der Waals surface area contributed by atoms with Gasteiger partial charge in [-0.1, -0.05) is 23.9 Å². The molecule has 3 rings (SSSR count). The maximum Gasteiger partial charge on any atom is 0.191 e. The maximum atomic E-state index is 5.62. The molecule has 0 unspecified atom stereocenters. The molecule has 1 aromatic carbocycles. The van der Waals surface area contributed by atoms with Crippen LogP contribution in [0.3, 0.4) is 0 Å². The third kappa shape index (κ3) is 2.60. The number of anilines is 2. The van der Waals surface area contributed by atoms with E-state index < -0.39 is 0 Å². The van der Waals surface area contributed by atoms with Gasteiger partial charge in [0, 0.05) is 6.07 Å². The second-order valence-electron chi connectivity index (χ2n) is 3.99. The third-order valence-corrected chi connectivity index (χ3v) is 3.38. The number of hydrogen-bond donors (Lipinski definition) is 3. The number of benzene rings is 1. The van der Waals surface area contributed by atoms with Crippen LogP contribution in [0.1, 0.15) is 5.82 Å². The van der Waals surface area contributed by atoms with Crippen LogP contribution in [0.2, 0.25) is 0 Å². The number of nitrogen functional groups attached to an aromatic ring is 2. The van der Waals surface area contributed by atoms with Gasteiger partial charge in [0.2, 0.25) is 0 Å². The largest absolute Gasteiger partial charge is 0.383 e. The standard InChI is InChI=1S/C12H12N6S/c13-9-5-10(14)18-12(17-9)19-6-11-15-7-3-1-2-4-8(7)16-11/h1-5H,6H2,(H,15,16)(H4,13,14,17,18). The number of aromatic amines is 1. The minimum Gasteiger partial charge on any atom is -0.383 e. The van der Waals surface area contributed by atoms with E-state index in [1.807, 2.05) is 24.3 Å². The van der Waals surface area contributed by atoms with E-state index in [1.165, 1.54) is 17.8 Å². The molecule has 96 valence electrons. The van der Waals surface area contributed by atoms with Gasteiger partial charge in [-0.2, -0.15) is 0 Å². The van der Waals surface area contributed by atoms with Crippen molar-refractivity contribution in [2.45, 2.75) is 10.9 Å². The fourth-order valence-electron chi connectivity index (χ4n) is 1.73. The molecule has 0 fully saturated rings. The van der Waals surface area contributed by atoms with E-state index in [1.54, 1.807) is 0 Å². The summed E-state index contributed by atoms with van der Waals surface area (Å²) in [5.74, 6) is 2.26. The maximum absolute atomic E-state index is 5.62. The average molecular weight is 272 g/mol. The van der Waals surface area contributed by atoms with Crippen LogP contribution >= 0.6 is 11.8 Å². The van der Waals surface area contributed by atoms with Crippen molar-refractivity contribution in [1.29, 1.82) is 0 Å². The first-order chi connectivity index (χ1) is 9.20. The Morgan fingerprint density at radius 1 is 1.05 bits per heavy atom. The van der Waals surface area contributed by atoms with Gasteiger partial charge in [-0.25, -0.2) is 15.0 Å². The van der Waals surface area contributed by atoms with Gasteiger partial charge in [-0.3, -0.25) is 0 Å². The summed E-state index contributed by atoms with van der Waals surface area (Å²) in [5, 5.41) is 0.554. The van der Waals surface area contributed by atoms with Crippen molar-refractivity contribution in [1.82, 2.24) is 19.9 Å². The van der Waals surface area contributed by atoms with Crippen LogP contribution in [0.5, 0.6) is 0 Å². The smallest absolute Gasteiger partial charge is 0.191 e. The van der Waals surface area contributed by atoms with Gasteiger partial charge in [0.25, 0.3) is 0 Å². The predicted octanol–water partition coefficient (Wildman–Crippen LogP) is 1.81. The molecule has 0 aliphatic heterocycles. The minimum absolute atomic E-state index is 0.375. The average Bonchev–Trinajstić information content (AvgIpc) is 2.78. The van der Waals surface area contributed by atoms with E-state index in [4.69, 9.17) is 11.5 Å². The van der Waals surface area contributed by atoms with Crippen LogP contribution in [0.15, 0.2) is 35.5 Å². The highest BCUT2D eigenvalue weighted by Crippen LogP contribution is 2.21. The highest BCUT2D eigenvalue weighted by molar-refractivity contribution is 7.98. The molecule has 0 radical (unpaired) electrons. The lowest BCUT2D eigenvalue weighted by molar-refractivity contribution is 0.980. The molecule has 3 aromatic rings. The molecule has 2 aromatic heterocycles. The second kappa shape index (κ2) is 4.77.